The molecule has 0 aliphatic rings. The monoisotopic (exact) mass is 302 g/mol. The topological polar surface area (TPSA) is 95.5 Å². The Labute approximate surface area is 115 Å². The lowest BCUT2D eigenvalue weighted by atomic mass is 10.4. The van der Waals surface area contributed by atoms with Gasteiger partial charge in [-0.25, -0.2) is 13.1 Å². The minimum Gasteiger partial charge on any atom is -0.384 e. The van der Waals surface area contributed by atoms with Crippen LogP contribution in [0.3, 0.4) is 0 Å². The van der Waals surface area contributed by atoms with Crippen LogP contribution in [0.1, 0.15) is 14.5 Å². The van der Waals surface area contributed by atoms with Crippen molar-refractivity contribution in [2.75, 3.05) is 26.0 Å². The van der Waals surface area contributed by atoms with E-state index in [0.29, 0.717) is 9.75 Å². The molecule has 8 heteroatoms. The number of amides is 1. The highest BCUT2D eigenvalue weighted by Crippen LogP contribution is 2.14. The Morgan fingerprint density at radius 1 is 1.47 bits per heavy atom. The van der Waals surface area contributed by atoms with Crippen molar-refractivity contribution in [3.63, 3.8) is 0 Å². The summed E-state index contributed by atoms with van der Waals surface area (Å²) in [4.78, 5) is 12.8. The average Bonchev–Trinajstić information content (AvgIpc) is 2.85. The first kappa shape index (κ1) is 15.7. The third-order valence-electron chi connectivity index (χ3n) is 2.09. The van der Waals surface area contributed by atoms with Gasteiger partial charge in [0.05, 0.1) is 15.5 Å². The second kappa shape index (κ2) is 7.25. The standard InChI is InChI=1S/C11H14N2O4S2/c1-12-19(16,17)8-6-13-11(15)10-5-4-9(18-10)3-2-7-14/h4-5,12,14H,6-8H2,1H3,(H,13,15). The molecular formula is C11H14N2O4S2. The lowest BCUT2D eigenvalue weighted by Gasteiger charge is -2.03. The minimum absolute atomic E-state index is 0.0392. The number of thiophene rings is 1. The number of hydrogen-bond donors (Lipinski definition) is 3. The summed E-state index contributed by atoms with van der Waals surface area (Å²) in [6, 6.07) is 3.28. The van der Waals surface area contributed by atoms with Crippen molar-refractivity contribution in [2.24, 2.45) is 0 Å². The van der Waals surface area contributed by atoms with E-state index in [4.69, 9.17) is 5.11 Å². The summed E-state index contributed by atoms with van der Waals surface area (Å²) in [5, 5.41) is 11.1. The van der Waals surface area contributed by atoms with Crippen LogP contribution < -0.4 is 10.0 Å². The van der Waals surface area contributed by atoms with E-state index in [1.807, 2.05) is 0 Å². The lowest BCUT2D eigenvalue weighted by molar-refractivity contribution is 0.0960. The zero-order valence-electron chi connectivity index (χ0n) is 10.3. The van der Waals surface area contributed by atoms with Crippen LogP contribution in [0.15, 0.2) is 12.1 Å². The average molecular weight is 302 g/mol. The maximum atomic E-state index is 11.7. The van der Waals surface area contributed by atoms with Gasteiger partial charge in [0.25, 0.3) is 5.91 Å². The highest BCUT2D eigenvalue weighted by Gasteiger charge is 2.11. The van der Waals surface area contributed by atoms with Crippen LogP contribution in [0.2, 0.25) is 0 Å². The quantitative estimate of drug-likeness (QED) is 0.631. The highest BCUT2D eigenvalue weighted by molar-refractivity contribution is 7.89. The van der Waals surface area contributed by atoms with Gasteiger partial charge < -0.3 is 10.4 Å². The van der Waals surface area contributed by atoms with Gasteiger partial charge in [-0.2, -0.15) is 0 Å². The summed E-state index contributed by atoms with van der Waals surface area (Å²) >= 11 is 1.18. The van der Waals surface area contributed by atoms with E-state index in [9.17, 15) is 13.2 Å². The highest BCUT2D eigenvalue weighted by atomic mass is 32.2. The largest absolute Gasteiger partial charge is 0.384 e. The van der Waals surface area contributed by atoms with E-state index in [1.54, 1.807) is 12.1 Å². The second-order valence-corrected chi connectivity index (χ2v) is 6.53. The van der Waals surface area contributed by atoms with Gasteiger partial charge in [-0.3, -0.25) is 4.79 Å². The number of carbonyl (C=O) groups excluding carboxylic acids is 1. The molecule has 19 heavy (non-hydrogen) atoms. The van der Waals surface area contributed by atoms with Gasteiger partial charge >= 0.3 is 0 Å². The summed E-state index contributed by atoms with van der Waals surface area (Å²) < 4.78 is 24.4. The molecule has 0 unspecified atom stereocenters. The smallest absolute Gasteiger partial charge is 0.261 e. The van der Waals surface area contributed by atoms with Crippen LogP contribution in [0.5, 0.6) is 0 Å². The van der Waals surface area contributed by atoms with E-state index < -0.39 is 10.0 Å². The van der Waals surface area contributed by atoms with Crippen molar-refractivity contribution in [3.05, 3.63) is 21.9 Å². The Morgan fingerprint density at radius 3 is 2.84 bits per heavy atom. The van der Waals surface area contributed by atoms with Crippen LogP contribution in [-0.4, -0.2) is 45.4 Å². The SMILES string of the molecule is CNS(=O)(=O)CCNC(=O)c1ccc(C#CCO)s1. The molecule has 1 aromatic heterocycles. The third-order valence-corrected chi connectivity index (χ3v) is 4.45. The maximum absolute atomic E-state index is 11.7. The van der Waals surface area contributed by atoms with Crippen LogP contribution in [0.25, 0.3) is 0 Å². The van der Waals surface area contributed by atoms with E-state index in [-0.39, 0.29) is 24.8 Å². The van der Waals surface area contributed by atoms with Gasteiger partial charge in [0.2, 0.25) is 10.0 Å². The zero-order chi connectivity index (χ0) is 14.3. The number of aliphatic hydroxyl groups excluding tert-OH is 1. The zero-order valence-corrected chi connectivity index (χ0v) is 11.9. The fourth-order valence-electron chi connectivity index (χ4n) is 1.14. The maximum Gasteiger partial charge on any atom is 0.261 e. The molecule has 0 fully saturated rings. The fraction of sp³-hybridized carbons (Fsp3) is 0.364. The lowest BCUT2D eigenvalue weighted by Crippen LogP contribution is -2.32. The van der Waals surface area contributed by atoms with E-state index in [1.165, 1.54) is 18.4 Å². The van der Waals surface area contributed by atoms with Crippen LogP contribution >= 0.6 is 11.3 Å². The van der Waals surface area contributed by atoms with Crippen LogP contribution in [0, 0.1) is 11.8 Å². The number of hydrogen-bond acceptors (Lipinski definition) is 5. The molecule has 3 N–H and O–H groups in total. The number of sulfonamides is 1. The van der Waals surface area contributed by atoms with Crippen molar-refractivity contribution in [3.8, 4) is 11.8 Å². The molecule has 0 aliphatic carbocycles. The Hall–Kier alpha value is -1.40. The summed E-state index contributed by atoms with van der Waals surface area (Å²) in [5.41, 5.74) is 0. The molecule has 1 heterocycles. The van der Waals surface area contributed by atoms with Gasteiger partial charge in [0.1, 0.15) is 6.61 Å². The number of nitrogens with one attached hydrogen (secondary N) is 2. The fourth-order valence-corrected chi connectivity index (χ4v) is 2.51. The first-order chi connectivity index (χ1) is 8.98. The summed E-state index contributed by atoms with van der Waals surface area (Å²) in [6.45, 7) is -0.196. The first-order valence-corrected chi connectivity index (χ1v) is 7.84. The Balaban J connectivity index is 2.52. The summed E-state index contributed by atoms with van der Waals surface area (Å²) in [6.07, 6.45) is 0. The molecule has 0 bridgehead atoms. The normalized spacial score (nSPS) is 10.6. The van der Waals surface area contributed by atoms with Crippen molar-refractivity contribution in [1.29, 1.82) is 0 Å². The Bertz CT molecular complexity index is 596. The molecule has 104 valence electrons. The molecular weight excluding hydrogens is 288 g/mol. The molecule has 0 saturated heterocycles. The first-order valence-electron chi connectivity index (χ1n) is 5.37. The summed E-state index contributed by atoms with van der Waals surface area (Å²) in [7, 11) is -1.99. The second-order valence-electron chi connectivity index (χ2n) is 3.40. The Kier molecular flexibility index (Phi) is 5.98. The predicted molar refractivity (Wildman–Crippen MR) is 73.5 cm³/mol. The molecule has 0 radical (unpaired) electrons. The number of rotatable bonds is 5. The van der Waals surface area contributed by atoms with Crippen molar-refractivity contribution < 1.29 is 18.3 Å². The van der Waals surface area contributed by atoms with Crippen molar-refractivity contribution in [2.45, 2.75) is 0 Å². The van der Waals surface area contributed by atoms with E-state index in [2.05, 4.69) is 21.9 Å². The predicted octanol–water partition coefficient (Wildman–Crippen LogP) is -0.629. The molecule has 1 amide bonds. The van der Waals surface area contributed by atoms with Gasteiger partial charge in [0.15, 0.2) is 0 Å². The summed E-state index contributed by atoms with van der Waals surface area (Å²) in [5.74, 6) is 4.67. The molecule has 0 spiro atoms. The molecule has 1 aromatic rings. The van der Waals surface area contributed by atoms with Crippen LogP contribution in [0.4, 0.5) is 0 Å². The molecule has 1 rings (SSSR count). The molecule has 0 saturated carbocycles. The molecule has 6 nitrogen and oxygen atoms in total. The molecule has 0 atom stereocenters. The minimum atomic E-state index is -3.32. The van der Waals surface area contributed by atoms with Gasteiger partial charge in [-0.05, 0) is 19.2 Å². The Morgan fingerprint density at radius 2 is 2.21 bits per heavy atom. The van der Waals surface area contributed by atoms with Gasteiger partial charge in [0, 0.05) is 6.54 Å². The van der Waals surface area contributed by atoms with Crippen molar-refractivity contribution >= 4 is 27.3 Å². The van der Waals surface area contributed by atoms with Gasteiger partial charge in [-0.15, -0.1) is 11.3 Å². The molecule has 0 aliphatic heterocycles. The third kappa shape index (κ3) is 5.40. The molecule has 0 aromatic carbocycles. The van der Waals surface area contributed by atoms with Crippen LogP contribution in [-0.2, 0) is 10.0 Å². The van der Waals surface area contributed by atoms with Crippen molar-refractivity contribution in [1.82, 2.24) is 10.0 Å². The number of aliphatic hydroxyl groups is 1. The van der Waals surface area contributed by atoms with E-state index in [0.717, 1.165) is 0 Å². The number of carbonyl (C=O) groups is 1. The van der Waals surface area contributed by atoms with Gasteiger partial charge in [-0.1, -0.05) is 11.8 Å². The van der Waals surface area contributed by atoms with E-state index >= 15 is 0 Å².